The predicted molar refractivity (Wildman–Crippen MR) is 110 cm³/mol. The van der Waals surface area contributed by atoms with Gasteiger partial charge in [0.25, 0.3) is 0 Å². The van der Waals surface area contributed by atoms with Crippen LogP contribution in [0.4, 0.5) is 0 Å². The number of rotatable bonds is 7. The van der Waals surface area contributed by atoms with Gasteiger partial charge in [-0.2, -0.15) is 5.10 Å². The van der Waals surface area contributed by atoms with Gasteiger partial charge in [0, 0.05) is 31.9 Å². The Hall–Kier alpha value is -3.41. The van der Waals surface area contributed by atoms with E-state index in [1.165, 1.54) is 0 Å². The van der Waals surface area contributed by atoms with E-state index in [9.17, 15) is 9.59 Å². The number of carbonyl (C=O) groups is 2. The summed E-state index contributed by atoms with van der Waals surface area (Å²) >= 11 is 0. The number of nitrogens with one attached hydrogen (secondary N) is 1. The second kappa shape index (κ2) is 8.73. The lowest BCUT2D eigenvalue weighted by atomic mass is 10.1. The van der Waals surface area contributed by atoms with Crippen molar-refractivity contribution in [2.24, 2.45) is 0 Å². The van der Waals surface area contributed by atoms with Gasteiger partial charge in [0.1, 0.15) is 0 Å². The fourth-order valence-corrected chi connectivity index (χ4v) is 3.66. The van der Waals surface area contributed by atoms with Gasteiger partial charge in [0.2, 0.25) is 11.8 Å². The van der Waals surface area contributed by atoms with E-state index in [-0.39, 0.29) is 24.3 Å². The van der Waals surface area contributed by atoms with Crippen molar-refractivity contribution in [2.45, 2.75) is 25.3 Å². The van der Waals surface area contributed by atoms with E-state index in [2.05, 4.69) is 10.4 Å². The van der Waals surface area contributed by atoms with Crippen LogP contribution in [0.25, 0.3) is 5.69 Å². The molecule has 2 heterocycles. The summed E-state index contributed by atoms with van der Waals surface area (Å²) in [5.74, 6) is 0.103. The van der Waals surface area contributed by atoms with Crippen molar-refractivity contribution in [3.63, 3.8) is 0 Å². The molecule has 6 heteroatoms. The molecule has 2 amide bonds. The van der Waals surface area contributed by atoms with Crippen molar-refractivity contribution in [2.75, 3.05) is 13.1 Å². The van der Waals surface area contributed by atoms with Crippen LogP contribution in [0.3, 0.4) is 0 Å². The van der Waals surface area contributed by atoms with E-state index < -0.39 is 0 Å². The molecule has 1 saturated heterocycles. The number of hydrogen-bond acceptors (Lipinski definition) is 3. The molecule has 0 bridgehead atoms. The van der Waals surface area contributed by atoms with Crippen LogP contribution in [0.5, 0.6) is 0 Å². The molecule has 1 aliphatic heterocycles. The topological polar surface area (TPSA) is 67.2 Å². The molecule has 29 heavy (non-hydrogen) atoms. The Bertz CT molecular complexity index is 952. The molecule has 4 rings (SSSR count). The molecule has 0 saturated carbocycles. The highest BCUT2D eigenvalue weighted by Gasteiger charge is 2.25. The Morgan fingerprint density at radius 3 is 2.52 bits per heavy atom. The summed E-state index contributed by atoms with van der Waals surface area (Å²) in [6.07, 6.45) is 5.38. The molecule has 0 aliphatic carbocycles. The van der Waals surface area contributed by atoms with Crippen molar-refractivity contribution in [1.82, 2.24) is 20.0 Å². The van der Waals surface area contributed by atoms with E-state index in [4.69, 9.17) is 0 Å². The molecular weight excluding hydrogens is 364 g/mol. The Morgan fingerprint density at radius 2 is 1.86 bits per heavy atom. The summed E-state index contributed by atoms with van der Waals surface area (Å²) < 4.78 is 1.78. The SMILES string of the molecule is O=C(Cc1ccc(-n2cccn2)cc1)N[C@H](CN1CCCC1=O)c1ccccc1. The number of nitrogens with zero attached hydrogens (tertiary/aromatic N) is 3. The van der Waals surface area contributed by atoms with Gasteiger partial charge >= 0.3 is 0 Å². The van der Waals surface area contributed by atoms with E-state index in [1.54, 1.807) is 10.9 Å². The predicted octanol–water partition coefficient (Wildman–Crippen LogP) is 2.89. The third kappa shape index (κ3) is 4.71. The van der Waals surface area contributed by atoms with Gasteiger partial charge < -0.3 is 10.2 Å². The molecule has 1 aliphatic rings. The van der Waals surface area contributed by atoms with Crippen LogP contribution in [0.15, 0.2) is 73.1 Å². The lowest BCUT2D eigenvalue weighted by Crippen LogP contribution is -2.39. The highest BCUT2D eigenvalue weighted by atomic mass is 16.2. The Balaban J connectivity index is 1.42. The van der Waals surface area contributed by atoms with Gasteiger partial charge in [-0.3, -0.25) is 9.59 Å². The summed E-state index contributed by atoms with van der Waals surface area (Å²) in [4.78, 5) is 26.6. The van der Waals surface area contributed by atoms with E-state index in [1.807, 2.05) is 71.8 Å². The average Bonchev–Trinajstić information content (AvgIpc) is 3.41. The molecule has 1 N–H and O–H groups in total. The van der Waals surface area contributed by atoms with Crippen LogP contribution in [0.2, 0.25) is 0 Å². The minimum atomic E-state index is -0.214. The first-order chi connectivity index (χ1) is 14.2. The number of amides is 2. The Kier molecular flexibility index (Phi) is 5.70. The lowest BCUT2D eigenvalue weighted by Gasteiger charge is -2.25. The molecular formula is C23H24N4O2. The van der Waals surface area contributed by atoms with Crippen LogP contribution >= 0.6 is 0 Å². The molecule has 148 valence electrons. The van der Waals surface area contributed by atoms with Crippen molar-refractivity contribution >= 4 is 11.8 Å². The Morgan fingerprint density at radius 1 is 1.07 bits per heavy atom. The standard InChI is InChI=1S/C23H24N4O2/c28-22(16-18-9-11-20(12-10-18)27-15-5-13-24-27)25-21(19-6-2-1-3-7-19)17-26-14-4-8-23(26)29/h1-3,5-7,9-13,15,21H,4,8,14,16-17H2,(H,25,28)/t21-/m1/s1. The Labute approximate surface area is 170 Å². The zero-order chi connectivity index (χ0) is 20.1. The first-order valence-electron chi connectivity index (χ1n) is 9.90. The van der Waals surface area contributed by atoms with Gasteiger partial charge in [-0.05, 0) is 35.7 Å². The minimum Gasteiger partial charge on any atom is -0.347 e. The van der Waals surface area contributed by atoms with Gasteiger partial charge in [-0.1, -0.05) is 42.5 Å². The second-order valence-corrected chi connectivity index (χ2v) is 7.27. The largest absolute Gasteiger partial charge is 0.347 e. The fourth-order valence-electron chi connectivity index (χ4n) is 3.66. The molecule has 2 aromatic carbocycles. The molecule has 0 unspecified atom stereocenters. The van der Waals surface area contributed by atoms with Gasteiger partial charge in [-0.15, -0.1) is 0 Å². The van der Waals surface area contributed by atoms with Gasteiger partial charge in [0.15, 0.2) is 0 Å². The summed E-state index contributed by atoms with van der Waals surface area (Å²) in [5, 5.41) is 7.33. The maximum absolute atomic E-state index is 12.7. The van der Waals surface area contributed by atoms with Crippen LogP contribution in [0, 0.1) is 0 Å². The summed E-state index contributed by atoms with van der Waals surface area (Å²) in [6, 6.07) is 19.3. The van der Waals surface area contributed by atoms with Crippen molar-refractivity contribution in [3.05, 3.63) is 84.2 Å². The number of likely N-dealkylation sites (tertiary alicyclic amines) is 1. The van der Waals surface area contributed by atoms with Crippen molar-refractivity contribution < 1.29 is 9.59 Å². The first-order valence-corrected chi connectivity index (χ1v) is 9.90. The lowest BCUT2D eigenvalue weighted by molar-refractivity contribution is -0.129. The summed E-state index contributed by atoms with van der Waals surface area (Å²) in [6.45, 7) is 1.26. The van der Waals surface area contributed by atoms with E-state index in [0.29, 0.717) is 13.0 Å². The fraction of sp³-hybridized carbons (Fsp3) is 0.261. The number of aromatic nitrogens is 2. The second-order valence-electron chi connectivity index (χ2n) is 7.27. The van der Waals surface area contributed by atoms with Crippen LogP contribution in [-0.2, 0) is 16.0 Å². The van der Waals surface area contributed by atoms with Crippen LogP contribution in [0.1, 0.15) is 30.0 Å². The quantitative estimate of drug-likeness (QED) is 0.677. The third-order valence-corrected chi connectivity index (χ3v) is 5.18. The number of benzene rings is 2. The van der Waals surface area contributed by atoms with Gasteiger partial charge in [0.05, 0.1) is 18.2 Å². The molecule has 0 spiro atoms. The number of carbonyl (C=O) groups excluding carboxylic acids is 2. The van der Waals surface area contributed by atoms with Crippen LogP contribution < -0.4 is 5.32 Å². The monoisotopic (exact) mass is 388 g/mol. The normalized spacial score (nSPS) is 14.8. The van der Waals surface area contributed by atoms with Gasteiger partial charge in [-0.25, -0.2) is 4.68 Å². The summed E-state index contributed by atoms with van der Waals surface area (Å²) in [5.41, 5.74) is 2.89. The molecule has 3 aromatic rings. The van der Waals surface area contributed by atoms with Crippen molar-refractivity contribution in [3.8, 4) is 5.69 Å². The van der Waals surface area contributed by atoms with E-state index in [0.717, 1.165) is 29.8 Å². The highest BCUT2D eigenvalue weighted by molar-refractivity contribution is 5.80. The maximum Gasteiger partial charge on any atom is 0.224 e. The maximum atomic E-state index is 12.7. The molecule has 1 atom stereocenters. The van der Waals surface area contributed by atoms with E-state index >= 15 is 0 Å². The summed E-state index contributed by atoms with van der Waals surface area (Å²) in [7, 11) is 0. The molecule has 1 aromatic heterocycles. The molecule has 1 fully saturated rings. The van der Waals surface area contributed by atoms with Crippen LogP contribution in [-0.4, -0.2) is 39.6 Å². The average molecular weight is 388 g/mol. The smallest absolute Gasteiger partial charge is 0.224 e. The minimum absolute atomic E-state index is 0.0580. The molecule has 6 nitrogen and oxygen atoms in total. The third-order valence-electron chi connectivity index (χ3n) is 5.18. The molecule has 0 radical (unpaired) electrons. The zero-order valence-corrected chi connectivity index (χ0v) is 16.2. The zero-order valence-electron chi connectivity index (χ0n) is 16.2. The highest BCUT2D eigenvalue weighted by Crippen LogP contribution is 2.19. The first kappa shape index (κ1) is 18.9. The number of hydrogen-bond donors (Lipinski definition) is 1. The van der Waals surface area contributed by atoms with Crippen molar-refractivity contribution in [1.29, 1.82) is 0 Å².